The van der Waals surface area contributed by atoms with E-state index in [1.807, 2.05) is 0 Å². The van der Waals surface area contributed by atoms with Crippen LogP contribution in [0.5, 0.6) is 0 Å². The van der Waals surface area contributed by atoms with Crippen LogP contribution in [0.4, 0.5) is 0 Å². The highest BCUT2D eigenvalue weighted by Gasteiger charge is 2.41. The van der Waals surface area contributed by atoms with Gasteiger partial charge in [-0.1, -0.05) is 12.8 Å². The third kappa shape index (κ3) is 2.11. The second-order valence-corrected chi connectivity index (χ2v) is 5.49. The van der Waals surface area contributed by atoms with Crippen molar-refractivity contribution in [2.45, 2.75) is 56.7 Å². The van der Waals surface area contributed by atoms with Crippen molar-refractivity contribution in [2.75, 3.05) is 13.2 Å². The van der Waals surface area contributed by atoms with Crippen LogP contribution in [0, 0.1) is 0 Å². The second kappa shape index (κ2) is 4.88. The molecule has 100 valence electrons. The summed E-state index contributed by atoms with van der Waals surface area (Å²) < 4.78 is 5.46. The van der Waals surface area contributed by atoms with Crippen molar-refractivity contribution in [3.05, 3.63) is 0 Å². The minimum Gasteiger partial charge on any atom is -0.368 e. The first-order valence-electron chi connectivity index (χ1n) is 6.97. The average molecular weight is 252 g/mol. The molecule has 2 saturated heterocycles. The van der Waals surface area contributed by atoms with Gasteiger partial charge >= 0.3 is 0 Å². The van der Waals surface area contributed by atoms with Gasteiger partial charge in [-0.3, -0.25) is 9.59 Å². The van der Waals surface area contributed by atoms with Crippen molar-refractivity contribution in [2.24, 2.45) is 0 Å². The number of hydrogen-bond donors (Lipinski definition) is 1. The number of piperazine rings is 1. The lowest BCUT2D eigenvalue weighted by molar-refractivity contribution is -0.151. The molecule has 0 spiro atoms. The highest BCUT2D eigenvalue weighted by molar-refractivity contribution is 5.88. The summed E-state index contributed by atoms with van der Waals surface area (Å²) in [6.45, 7) is 0.879. The first-order valence-corrected chi connectivity index (χ1v) is 6.97. The van der Waals surface area contributed by atoms with Crippen LogP contribution in [-0.2, 0) is 14.3 Å². The Bertz CT molecular complexity index is 352. The highest BCUT2D eigenvalue weighted by atomic mass is 16.5. The number of carbonyl (C=O) groups is 2. The predicted octanol–water partition coefficient (Wildman–Crippen LogP) is 0.435. The van der Waals surface area contributed by atoms with Gasteiger partial charge in [-0.05, 0) is 25.7 Å². The molecule has 5 nitrogen and oxygen atoms in total. The van der Waals surface area contributed by atoms with Gasteiger partial charge in [-0.2, -0.15) is 0 Å². The maximum atomic E-state index is 12.4. The molecule has 0 unspecified atom stereocenters. The van der Waals surface area contributed by atoms with Gasteiger partial charge in [0, 0.05) is 12.6 Å². The van der Waals surface area contributed by atoms with E-state index in [0.717, 1.165) is 38.5 Å². The van der Waals surface area contributed by atoms with E-state index in [1.54, 1.807) is 4.90 Å². The lowest BCUT2D eigenvalue weighted by atomic mass is 9.87. The molecule has 2 amide bonds. The molecular formula is C13H20N2O3. The fourth-order valence-electron chi connectivity index (χ4n) is 3.38. The van der Waals surface area contributed by atoms with Crippen LogP contribution in [-0.4, -0.2) is 48.1 Å². The largest absolute Gasteiger partial charge is 0.368 e. The quantitative estimate of drug-likeness (QED) is 0.736. The fraction of sp³-hybridized carbons (Fsp3) is 0.846. The molecule has 0 aromatic heterocycles. The third-order valence-corrected chi connectivity index (χ3v) is 4.28. The van der Waals surface area contributed by atoms with Crippen LogP contribution in [0.25, 0.3) is 0 Å². The van der Waals surface area contributed by atoms with Crippen LogP contribution in [0.3, 0.4) is 0 Å². The molecule has 0 aromatic rings. The maximum Gasteiger partial charge on any atom is 0.252 e. The summed E-state index contributed by atoms with van der Waals surface area (Å²) in [5.41, 5.74) is 0. The van der Waals surface area contributed by atoms with E-state index < -0.39 is 0 Å². The SMILES string of the molecule is O=C1CN(C(=O)[C@@H]2CCCO2)[C@@H]2CCCC[C@H]2N1. The second-order valence-electron chi connectivity index (χ2n) is 5.49. The molecule has 1 aliphatic carbocycles. The number of fused-ring (bicyclic) bond motifs is 1. The molecule has 2 heterocycles. The fourth-order valence-corrected chi connectivity index (χ4v) is 3.38. The normalized spacial score (nSPS) is 36.1. The van der Waals surface area contributed by atoms with Crippen molar-refractivity contribution in [3.63, 3.8) is 0 Å². The van der Waals surface area contributed by atoms with Crippen molar-refractivity contribution in [1.29, 1.82) is 0 Å². The Labute approximate surface area is 107 Å². The van der Waals surface area contributed by atoms with Gasteiger partial charge < -0.3 is 15.0 Å². The van der Waals surface area contributed by atoms with Crippen LogP contribution < -0.4 is 5.32 Å². The minimum absolute atomic E-state index is 0.0236. The molecule has 1 saturated carbocycles. The maximum absolute atomic E-state index is 12.4. The number of nitrogens with zero attached hydrogens (tertiary/aromatic N) is 1. The number of rotatable bonds is 1. The standard InChI is InChI=1S/C13H20N2O3/c16-12-8-15(13(17)11-6-3-7-18-11)10-5-2-1-4-9(10)14-12/h9-11H,1-8H2,(H,14,16)/t9-,10-,11+/m1/s1. The first-order chi connectivity index (χ1) is 8.75. The zero-order valence-electron chi connectivity index (χ0n) is 10.6. The highest BCUT2D eigenvalue weighted by Crippen LogP contribution is 2.27. The topological polar surface area (TPSA) is 58.6 Å². The lowest BCUT2D eigenvalue weighted by Gasteiger charge is -2.44. The molecule has 3 rings (SSSR count). The van der Waals surface area contributed by atoms with Gasteiger partial charge in [0.05, 0.1) is 12.6 Å². The third-order valence-electron chi connectivity index (χ3n) is 4.28. The van der Waals surface area contributed by atoms with Gasteiger partial charge in [0.15, 0.2) is 0 Å². The molecule has 2 aliphatic heterocycles. The minimum atomic E-state index is -0.307. The molecule has 0 bridgehead atoms. The van der Waals surface area contributed by atoms with Gasteiger partial charge in [-0.25, -0.2) is 0 Å². The summed E-state index contributed by atoms with van der Waals surface area (Å²) in [4.78, 5) is 25.9. The van der Waals surface area contributed by atoms with Crippen LogP contribution in [0.1, 0.15) is 38.5 Å². The van der Waals surface area contributed by atoms with Crippen molar-refractivity contribution < 1.29 is 14.3 Å². The van der Waals surface area contributed by atoms with Crippen LogP contribution >= 0.6 is 0 Å². The zero-order chi connectivity index (χ0) is 12.5. The Morgan fingerprint density at radius 3 is 2.83 bits per heavy atom. The van der Waals surface area contributed by atoms with Crippen molar-refractivity contribution in [3.8, 4) is 0 Å². The number of carbonyl (C=O) groups excluding carboxylic acids is 2. The Morgan fingerprint density at radius 1 is 1.22 bits per heavy atom. The van der Waals surface area contributed by atoms with E-state index in [0.29, 0.717) is 6.61 Å². The predicted molar refractivity (Wildman–Crippen MR) is 64.9 cm³/mol. The molecule has 3 atom stereocenters. The van der Waals surface area contributed by atoms with E-state index in [-0.39, 0.29) is 36.5 Å². The monoisotopic (exact) mass is 252 g/mol. The first kappa shape index (κ1) is 12.0. The summed E-state index contributed by atoms with van der Waals surface area (Å²) in [7, 11) is 0. The summed E-state index contributed by atoms with van der Waals surface area (Å²) in [6.07, 6.45) is 5.72. The molecule has 5 heteroatoms. The van der Waals surface area contributed by atoms with Crippen LogP contribution in [0.2, 0.25) is 0 Å². The molecule has 3 fully saturated rings. The van der Waals surface area contributed by atoms with Gasteiger partial charge in [0.25, 0.3) is 5.91 Å². The Morgan fingerprint density at radius 2 is 2.06 bits per heavy atom. The van der Waals surface area contributed by atoms with E-state index >= 15 is 0 Å². The number of nitrogens with one attached hydrogen (secondary N) is 1. The van der Waals surface area contributed by atoms with Gasteiger partial charge in [0.2, 0.25) is 5.91 Å². The molecule has 3 aliphatic rings. The van der Waals surface area contributed by atoms with Gasteiger partial charge in [-0.15, -0.1) is 0 Å². The average Bonchev–Trinajstić information content (AvgIpc) is 2.90. The van der Waals surface area contributed by atoms with E-state index in [2.05, 4.69) is 5.32 Å². The van der Waals surface area contributed by atoms with Crippen molar-refractivity contribution >= 4 is 11.8 Å². The Balaban J connectivity index is 1.75. The molecule has 1 N–H and O–H groups in total. The van der Waals surface area contributed by atoms with E-state index in [9.17, 15) is 9.59 Å². The molecule has 0 aromatic carbocycles. The Hall–Kier alpha value is -1.10. The summed E-state index contributed by atoms with van der Waals surface area (Å²) >= 11 is 0. The smallest absolute Gasteiger partial charge is 0.252 e. The van der Waals surface area contributed by atoms with Crippen LogP contribution in [0.15, 0.2) is 0 Å². The number of ether oxygens (including phenoxy) is 1. The van der Waals surface area contributed by atoms with E-state index in [1.165, 1.54) is 0 Å². The molecular weight excluding hydrogens is 232 g/mol. The summed E-state index contributed by atoms with van der Waals surface area (Å²) in [6, 6.07) is 0.346. The summed E-state index contributed by atoms with van der Waals surface area (Å²) in [5.74, 6) is 0.00347. The van der Waals surface area contributed by atoms with Crippen molar-refractivity contribution in [1.82, 2.24) is 10.2 Å². The number of hydrogen-bond acceptors (Lipinski definition) is 3. The Kier molecular flexibility index (Phi) is 3.24. The lowest BCUT2D eigenvalue weighted by Crippen LogP contribution is -2.64. The van der Waals surface area contributed by atoms with Gasteiger partial charge in [0.1, 0.15) is 6.10 Å². The molecule has 0 radical (unpaired) electrons. The van der Waals surface area contributed by atoms with E-state index in [4.69, 9.17) is 4.74 Å². The summed E-state index contributed by atoms with van der Waals surface area (Å²) in [5, 5.41) is 3.02. The molecule has 18 heavy (non-hydrogen) atoms. The zero-order valence-corrected chi connectivity index (χ0v) is 10.6. The number of amides is 2.